The summed E-state index contributed by atoms with van der Waals surface area (Å²) in [5.41, 5.74) is 10.6. The number of carbonyl (C=O) groups excluding carboxylic acids is 9. The smallest absolute Gasteiger partial charge is 0.305 e. The Morgan fingerprint density at radius 2 is 0.657 bits per heavy atom. The second kappa shape index (κ2) is 31.1. The quantitative estimate of drug-likeness (QED) is 0.0262. The number of likely N-dealkylation sites (N-methyl/N-ethyl adjacent to an activating group) is 1. The van der Waals surface area contributed by atoms with E-state index in [0.717, 1.165) is 6.92 Å². The number of amides is 9. The molecule has 70 heavy (non-hydrogen) atoms. The molecule has 0 rings (SSSR count). The maximum atomic E-state index is 13.3. The van der Waals surface area contributed by atoms with Crippen LogP contribution in [0.2, 0.25) is 0 Å². The number of aliphatic carboxylic acids is 6. The third-order valence-corrected chi connectivity index (χ3v) is 9.28. The molecule has 33 nitrogen and oxygen atoms in total. The molecule has 0 saturated carbocycles. The van der Waals surface area contributed by atoms with Crippen molar-refractivity contribution in [2.24, 2.45) is 11.5 Å². The summed E-state index contributed by atoms with van der Waals surface area (Å²) in [6.45, 7) is -0.289. The second-order valence-electron chi connectivity index (χ2n) is 15.0. The molecule has 392 valence electrons. The number of nitrogens with two attached hydrogens (primary N) is 2. The summed E-state index contributed by atoms with van der Waals surface area (Å²) in [6.07, 6.45) is -6.40. The van der Waals surface area contributed by atoms with Crippen LogP contribution >= 0.6 is 0 Å². The van der Waals surface area contributed by atoms with Crippen LogP contribution in [0.3, 0.4) is 0 Å². The highest BCUT2D eigenvalue weighted by molar-refractivity contribution is 6.00. The SMILES string of the molecule is CNC(CC(=O)O)C(=O)N[C@@H](CC(=O)O)C(=O)NC(CC(=O)O)C(=O)N[C@@H](C)C(=O)NC(CC(=O)O)C(=O)N[C@@H](CO)C(=O)NC(CC(=O)O)C(=O)N[C@@H](CCCCN)C(=O)NC(CC(=O)O)C(N)=O. The van der Waals surface area contributed by atoms with Crippen molar-refractivity contribution in [1.82, 2.24) is 47.9 Å². The molecule has 9 amide bonds. The van der Waals surface area contributed by atoms with E-state index in [-0.39, 0.29) is 25.8 Å². The molecule has 0 saturated heterocycles. The van der Waals surface area contributed by atoms with Gasteiger partial charge in [-0.1, -0.05) is 0 Å². The van der Waals surface area contributed by atoms with Crippen LogP contribution in [0.15, 0.2) is 0 Å². The highest BCUT2D eigenvalue weighted by atomic mass is 16.4. The van der Waals surface area contributed by atoms with Gasteiger partial charge in [0.15, 0.2) is 0 Å². The van der Waals surface area contributed by atoms with Crippen LogP contribution in [-0.2, 0) is 71.9 Å². The van der Waals surface area contributed by atoms with Crippen LogP contribution in [0.25, 0.3) is 0 Å². The van der Waals surface area contributed by atoms with Gasteiger partial charge in [0.05, 0.1) is 51.2 Å². The Balaban J connectivity index is 6.26. The van der Waals surface area contributed by atoms with E-state index in [2.05, 4.69) is 10.6 Å². The Labute approximate surface area is 394 Å². The highest BCUT2D eigenvalue weighted by Crippen LogP contribution is 2.07. The molecule has 20 N–H and O–H groups in total. The molecule has 0 bridgehead atoms. The van der Waals surface area contributed by atoms with Gasteiger partial charge in [-0.25, -0.2) is 0 Å². The Hall–Kier alpha value is -8.07. The van der Waals surface area contributed by atoms with Crippen LogP contribution in [0.4, 0.5) is 0 Å². The molecule has 0 spiro atoms. The summed E-state index contributed by atoms with van der Waals surface area (Å²) in [5.74, 6) is -22.1. The standard InChI is InChI=1S/C37H57N11O22/c1-14(41-33(66)18(9-25(54)55)46-35(68)21(12-28(60)61)45-32(65)17(40-2)8-24(52)53)30(63)44-19(10-26(56)57)36(69)48-22(13-49)37(70)47-20(11-27(58)59)34(67)42-15(5-3-4-6-38)31(64)43-16(29(39)62)7-23(50)51/h14-22,40,49H,3-13,38H2,1-2H3,(H2,39,62)(H,41,66)(H,42,67)(H,43,64)(H,44,63)(H,45,65)(H,46,68)(H,47,70)(H,48,69)(H,50,51)(H,52,53)(H,54,55)(H,56,57)(H,58,59)(H,60,61)/t14-,15-,16?,17?,18?,19?,20?,21-,22-/m0/s1. The lowest BCUT2D eigenvalue weighted by atomic mass is 10.1. The Morgan fingerprint density at radius 3 is 1.00 bits per heavy atom. The van der Waals surface area contributed by atoms with Crippen molar-refractivity contribution < 1.29 is 108 Å². The first kappa shape index (κ1) is 61.9. The second-order valence-corrected chi connectivity index (χ2v) is 15.0. The number of hydrogen-bond donors (Lipinski definition) is 18. The lowest BCUT2D eigenvalue weighted by Gasteiger charge is -2.26. The average Bonchev–Trinajstić information content (AvgIpc) is 3.24. The summed E-state index contributed by atoms with van der Waals surface area (Å²) in [4.78, 5) is 185. The first-order chi connectivity index (χ1) is 32.6. The zero-order valence-electron chi connectivity index (χ0n) is 37.4. The predicted molar refractivity (Wildman–Crippen MR) is 227 cm³/mol. The van der Waals surface area contributed by atoms with Crippen LogP contribution < -0.4 is 59.3 Å². The molecule has 0 heterocycles. The number of carbonyl (C=O) groups is 15. The van der Waals surface area contributed by atoms with Crippen molar-refractivity contribution in [1.29, 1.82) is 0 Å². The van der Waals surface area contributed by atoms with Crippen molar-refractivity contribution in [2.45, 2.75) is 119 Å². The average molecular weight is 1010 g/mol. The van der Waals surface area contributed by atoms with Crippen molar-refractivity contribution in [3.63, 3.8) is 0 Å². The van der Waals surface area contributed by atoms with Gasteiger partial charge in [0.1, 0.15) is 48.3 Å². The predicted octanol–water partition coefficient (Wildman–Crippen LogP) is -9.07. The van der Waals surface area contributed by atoms with E-state index in [4.69, 9.17) is 21.7 Å². The molecule has 5 unspecified atom stereocenters. The largest absolute Gasteiger partial charge is 0.481 e. The van der Waals surface area contributed by atoms with Crippen LogP contribution in [0.1, 0.15) is 64.7 Å². The monoisotopic (exact) mass is 1010 g/mol. The van der Waals surface area contributed by atoms with Crippen LogP contribution in [0.5, 0.6) is 0 Å². The molecular formula is C37H57N11O22. The topological polar surface area (TPSA) is 558 Å². The first-order valence-electron chi connectivity index (χ1n) is 20.6. The maximum absolute atomic E-state index is 13.3. The molecular weight excluding hydrogens is 950 g/mol. The number of aliphatic hydroxyl groups is 1. The molecule has 9 atom stereocenters. The molecule has 0 aromatic rings. The minimum Gasteiger partial charge on any atom is -0.481 e. The molecule has 0 aromatic carbocycles. The Kier molecular flexibility index (Phi) is 27.5. The van der Waals surface area contributed by atoms with Gasteiger partial charge < -0.3 is 95.1 Å². The van der Waals surface area contributed by atoms with E-state index in [1.165, 1.54) is 7.05 Å². The summed E-state index contributed by atoms with van der Waals surface area (Å²) in [5, 5.41) is 83.8. The zero-order chi connectivity index (χ0) is 54.0. The summed E-state index contributed by atoms with van der Waals surface area (Å²) >= 11 is 0. The fourth-order valence-electron chi connectivity index (χ4n) is 5.70. The van der Waals surface area contributed by atoms with E-state index < -0.39 is 188 Å². The molecule has 0 aliphatic carbocycles. The van der Waals surface area contributed by atoms with Crippen molar-refractivity contribution in [3.05, 3.63) is 0 Å². The number of carboxylic acids is 6. The van der Waals surface area contributed by atoms with Gasteiger partial charge in [-0.15, -0.1) is 0 Å². The van der Waals surface area contributed by atoms with E-state index in [1.807, 2.05) is 37.2 Å². The lowest BCUT2D eigenvalue weighted by molar-refractivity contribution is -0.144. The summed E-state index contributed by atoms with van der Waals surface area (Å²) in [7, 11) is 1.18. The van der Waals surface area contributed by atoms with Gasteiger partial charge in [-0.2, -0.15) is 0 Å². The number of carboxylic acid groups (broad SMARTS) is 6. The van der Waals surface area contributed by atoms with E-state index >= 15 is 0 Å². The Morgan fingerprint density at radius 1 is 0.386 bits per heavy atom. The zero-order valence-corrected chi connectivity index (χ0v) is 37.4. The lowest BCUT2D eigenvalue weighted by Crippen LogP contribution is -2.61. The minimum atomic E-state index is -2.15. The summed E-state index contributed by atoms with van der Waals surface area (Å²) in [6, 6.07) is -17.2. The molecule has 0 fully saturated rings. The van der Waals surface area contributed by atoms with Gasteiger partial charge >= 0.3 is 35.8 Å². The Bertz CT molecular complexity index is 1980. The number of nitrogens with one attached hydrogen (secondary N) is 9. The number of unbranched alkanes of at least 4 members (excludes halogenated alkanes) is 1. The molecule has 0 aliphatic heterocycles. The van der Waals surface area contributed by atoms with E-state index in [0.29, 0.717) is 0 Å². The molecule has 0 radical (unpaired) electrons. The van der Waals surface area contributed by atoms with Crippen molar-refractivity contribution in [3.8, 4) is 0 Å². The van der Waals surface area contributed by atoms with Crippen LogP contribution in [-0.4, -0.2) is 199 Å². The molecule has 33 heteroatoms. The molecule has 0 aliphatic rings. The first-order valence-corrected chi connectivity index (χ1v) is 20.6. The van der Waals surface area contributed by atoms with E-state index in [1.54, 1.807) is 0 Å². The highest BCUT2D eigenvalue weighted by Gasteiger charge is 2.36. The molecule has 0 aromatic heterocycles. The third kappa shape index (κ3) is 24.1. The van der Waals surface area contributed by atoms with Crippen molar-refractivity contribution >= 4 is 89.0 Å². The van der Waals surface area contributed by atoms with Gasteiger partial charge in [0, 0.05) is 0 Å². The fourth-order valence-corrected chi connectivity index (χ4v) is 5.70. The minimum absolute atomic E-state index is 0.114. The normalized spacial score (nSPS) is 14.6. The number of hydrogen-bond acceptors (Lipinski definition) is 18. The van der Waals surface area contributed by atoms with Gasteiger partial charge in [-0.3, -0.25) is 71.9 Å². The van der Waals surface area contributed by atoms with Crippen molar-refractivity contribution in [2.75, 3.05) is 20.2 Å². The van der Waals surface area contributed by atoms with E-state index in [9.17, 15) is 97.5 Å². The summed E-state index contributed by atoms with van der Waals surface area (Å²) < 4.78 is 0. The van der Waals surface area contributed by atoms with Gasteiger partial charge in [0.25, 0.3) is 0 Å². The maximum Gasteiger partial charge on any atom is 0.305 e. The van der Waals surface area contributed by atoms with Gasteiger partial charge in [-0.05, 0) is 39.8 Å². The number of rotatable bonds is 35. The van der Waals surface area contributed by atoms with Crippen LogP contribution in [0, 0.1) is 0 Å². The third-order valence-electron chi connectivity index (χ3n) is 9.28. The fraction of sp³-hybridized carbons (Fsp3) is 0.595. The number of primary amides is 1. The number of aliphatic hydroxyl groups excluding tert-OH is 1. The van der Waals surface area contributed by atoms with Gasteiger partial charge in [0.2, 0.25) is 53.2 Å².